The summed E-state index contributed by atoms with van der Waals surface area (Å²) in [7, 11) is -3.45. The predicted molar refractivity (Wildman–Crippen MR) is 200 cm³/mol. The number of aliphatic hydroxyl groups excluding tert-OH is 2. The van der Waals surface area contributed by atoms with Crippen LogP contribution in [0.2, 0.25) is 77.1 Å². The summed E-state index contributed by atoms with van der Waals surface area (Å²) in [5, 5.41) is 18.6. The highest BCUT2D eigenvalue weighted by atomic mass is 28.3. The molecule has 1 saturated heterocycles. The third-order valence-corrected chi connectivity index (χ3v) is 14.9. The van der Waals surface area contributed by atoms with E-state index in [1.165, 1.54) is 0 Å². The third-order valence-electron chi connectivity index (χ3n) is 9.77. The Morgan fingerprint density at radius 3 is 1.34 bits per heavy atom. The Kier molecular flexibility index (Phi) is 18.3. The van der Waals surface area contributed by atoms with Crippen molar-refractivity contribution >= 4 is 42.1 Å². The van der Waals surface area contributed by atoms with Crippen molar-refractivity contribution < 1.29 is 52.3 Å². The van der Waals surface area contributed by atoms with Crippen LogP contribution in [-0.4, -0.2) is 109 Å². The summed E-state index contributed by atoms with van der Waals surface area (Å²) in [6.07, 6.45) is 1.29. The van der Waals surface area contributed by atoms with Gasteiger partial charge in [-0.05, 0) is 75.9 Å². The highest BCUT2D eigenvalue weighted by Gasteiger charge is 2.46. The molecule has 4 rings (SSSR count). The standard InChI is InChI=1S/2C12H23FO3Si.C12H22O3Si/c1-17(2,3)7-6-16-12(15)9-4-5-11(14)10(13)8-9;1-17(2,3)7-6-16-12(15)9-4-5-10(13)11(14)8-9;1-16(2,3)7-6-14-12(13)9-4-5-10-11(8-9)15-10/h2*9-11,14H,4-8H2,1-3H3;9-11H,4-8H2,1-3H3. The summed E-state index contributed by atoms with van der Waals surface area (Å²) in [5.74, 6) is -1.14. The van der Waals surface area contributed by atoms with Gasteiger partial charge in [0, 0.05) is 24.2 Å². The van der Waals surface area contributed by atoms with E-state index in [0.29, 0.717) is 51.3 Å². The Balaban J connectivity index is 0.000000260. The number of epoxide rings is 1. The smallest absolute Gasteiger partial charge is 0.309 e. The number of rotatable bonds is 12. The zero-order valence-electron chi connectivity index (χ0n) is 32.3. The number of halogens is 2. The molecule has 292 valence electrons. The fourth-order valence-electron chi connectivity index (χ4n) is 5.98. The van der Waals surface area contributed by atoms with Gasteiger partial charge in [0.25, 0.3) is 0 Å². The number of fused-ring (bicyclic) bond motifs is 1. The van der Waals surface area contributed by atoms with E-state index < -0.39 is 48.8 Å². The van der Waals surface area contributed by atoms with E-state index in [-0.39, 0.29) is 54.9 Å². The van der Waals surface area contributed by atoms with Gasteiger partial charge in [-0.25, -0.2) is 8.78 Å². The zero-order chi connectivity index (χ0) is 37.9. The lowest BCUT2D eigenvalue weighted by Crippen LogP contribution is -2.35. The first-order chi connectivity index (χ1) is 23.0. The maximum atomic E-state index is 13.2. The normalized spacial score (nSPS) is 31.0. The van der Waals surface area contributed by atoms with Crippen molar-refractivity contribution in [3.63, 3.8) is 0 Å². The fraction of sp³-hybridized carbons (Fsp3) is 0.917. The Labute approximate surface area is 303 Å². The van der Waals surface area contributed by atoms with E-state index >= 15 is 0 Å². The molecule has 0 amide bonds. The van der Waals surface area contributed by atoms with Gasteiger partial charge >= 0.3 is 17.9 Å². The molecule has 1 heterocycles. The second-order valence-corrected chi connectivity index (χ2v) is 35.2. The summed E-state index contributed by atoms with van der Waals surface area (Å²) in [6, 6.07) is 2.95. The maximum absolute atomic E-state index is 13.2. The van der Waals surface area contributed by atoms with E-state index in [9.17, 15) is 33.4 Å². The Hall–Kier alpha value is -1.20. The van der Waals surface area contributed by atoms with Crippen molar-refractivity contribution in [1.82, 2.24) is 0 Å². The van der Waals surface area contributed by atoms with Crippen LogP contribution in [0.4, 0.5) is 8.78 Å². The van der Waals surface area contributed by atoms with E-state index in [1.54, 1.807) is 0 Å². The number of aliphatic hydroxyl groups is 2. The van der Waals surface area contributed by atoms with Crippen molar-refractivity contribution in [3.05, 3.63) is 0 Å². The quantitative estimate of drug-likeness (QED) is 0.0919. The van der Waals surface area contributed by atoms with Gasteiger partial charge in [0.05, 0.1) is 62.0 Å². The summed E-state index contributed by atoms with van der Waals surface area (Å²) in [5.41, 5.74) is 0. The van der Waals surface area contributed by atoms with Crippen molar-refractivity contribution in [1.29, 1.82) is 0 Å². The molecule has 0 radical (unpaired) electrons. The monoisotopic (exact) mass is 766 g/mol. The van der Waals surface area contributed by atoms with Crippen LogP contribution in [0.1, 0.15) is 57.8 Å². The van der Waals surface area contributed by atoms with Crippen molar-refractivity contribution in [2.24, 2.45) is 17.8 Å². The molecular formula is C36H68F2O9Si3. The lowest BCUT2D eigenvalue weighted by molar-refractivity contribution is -0.152. The first-order valence-corrected chi connectivity index (χ1v) is 30.0. The summed E-state index contributed by atoms with van der Waals surface area (Å²) < 4.78 is 47.4. The van der Waals surface area contributed by atoms with Crippen molar-refractivity contribution in [2.75, 3.05) is 19.8 Å². The Morgan fingerprint density at radius 2 is 0.940 bits per heavy atom. The minimum absolute atomic E-state index is 0.00667. The van der Waals surface area contributed by atoms with Crippen LogP contribution in [-0.2, 0) is 33.3 Å². The average Bonchev–Trinajstić information content (AvgIpc) is 3.78. The van der Waals surface area contributed by atoms with E-state index in [0.717, 1.165) is 37.4 Å². The molecule has 9 atom stereocenters. The first-order valence-electron chi connectivity index (χ1n) is 18.8. The minimum Gasteiger partial charge on any atom is -0.466 e. The van der Waals surface area contributed by atoms with Crippen LogP contribution in [0.3, 0.4) is 0 Å². The number of alkyl halides is 2. The second-order valence-electron chi connectivity index (χ2n) is 18.3. The molecule has 0 aromatic rings. The molecule has 0 bridgehead atoms. The van der Waals surface area contributed by atoms with Crippen LogP contribution in [0.25, 0.3) is 0 Å². The van der Waals surface area contributed by atoms with Gasteiger partial charge in [-0.1, -0.05) is 58.9 Å². The Bertz CT molecular complexity index is 1010. The molecule has 0 aromatic carbocycles. The fourth-order valence-corrected chi connectivity index (χ4v) is 8.13. The zero-order valence-corrected chi connectivity index (χ0v) is 35.3. The topological polar surface area (TPSA) is 132 Å². The van der Waals surface area contributed by atoms with E-state index in [1.807, 2.05) is 0 Å². The summed E-state index contributed by atoms with van der Waals surface area (Å²) >= 11 is 0. The summed E-state index contributed by atoms with van der Waals surface area (Å²) in [4.78, 5) is 35.2. The molecule has 1 aliphatic heterocycles. The number of carbonyl (C=O) groups is 3. The maximum Gasteiger partial charge on any atom is 0.309 e. The predicted octanol–water partition coefficient (Wildman–Crippen LogP) is 7.17. The third kappa shape index (κ3) is 18.5. The molecule has 4 aliphatic rings. The first kappa shape index (κ1) is 45.0. The summed E-state index contributed by atoms with van der Waals surface area (Å²) in [6.45, 7) is 21.7. The van der Waals surface area contributed by atoms with E-state index in [4.69, 9.17) is 18.9 Å². The number of esters is 3. The molecule has 0 spiro atoms. The minimum atomic E-state index is -1.28. The molecule has 50 heavy (non-hydrogen) atoms. The molecule has 9 nitrogen and oxygen atoms in total. The number of hydrogen-bond acceptors (Lipinski definition) is 9. The number of ether oxygens (including phenoxy) is 4. The molecule has 14 heteroatoms. The van der Waals surface area contributed by atoms with Gasteiger partial charge in [0.2, 0.25) is 0 Å². The van der Waals surface area contributed by atoms with Crippen LogP contribution < -0.4 is 0 Å². The van der Waals surface area contributed by atoms with Crippen LogP contribution in [0.15, 0.2) is 0 Å². The molecule has 4 fully saturated rings. The number of carbonyl (C=O) groups excluding carboxylic acids is 3. The second kappa shape index (κ2) is 20.3. The van der Waals surface area contributed by atoms with E-state index in [2.05, 4.69) is 58.9 Å². The van der Waals surface area contributed by atoms with Crippen molar-refractivity contribution in [2.45, 2.75) is 172 Å². The molecular weight excluding hydrogens is 699 g/mol. The largest absolute Gasteiger partial charge is 0.466 e. The highest BCUT2D eigenvalue weighted by Crippen LogP contribution is 2.40. The van der Waals surface area contributed by atoms with Gasteiger partial charge in [-0.3, -0.25) is 14.4 Å². The van der Waals surface area contributed by atoms with Gasteiger partial charge in [0.15, 0.2) is 0 Å². The highest BCUT2D eigenvalue weighted by molar-refractivity contribution is 6.76. The molecule has 2 N–H and O–H groups in total. The van der Waals surface area contributed by atoms with Crippen LogP contribution in [0.5, 0.6) is 0 Å². The van der Waals surface area contributed by atoms with Gasteiger partial charge in [0.1, 0.15) is 12.3 Å². The lowest BCUT2D eigenvalue weighted by Gasteiger charge is -2.27. The van der Waals surface area contributed by atoms with Crippen molar-refractivity contribution in [3.8, 4) is 0 Å². The van der Waals surface area contributed by atoms with Gasteiger partial charge in [-0.2, -0.15) is 0 Å². The molecule has 9 unspecified atom stereocenters. The SMILES string of the molecule is C[Si](C)(C)CCOC(=O)C1CCC(F)C(O)C1.C[Si](C)(C)CCOC(=O)C1CCC(O)C(F)C1.C[Si](C)(C)CCOC(=O)C1CCC2OC2C1. The number of hydrogen-bond donors (Lipinski definition) is 2. The van der Waals surface area contributed by atoms with Crippen LogP contribution >= 0.6 is 0 Å². The average molecular weight is 767 g/mol. The van der Waals surface area contributed by atoms with Crippen LogP contribution in [0, 0.1) is 17.8 Å². The Morgan fingerprint density at radius 1 is 0.540 bits per heavy atom. The lowest BCUT2D eigenvalue weighted by atomic mass is 9.86. The van der Waals surface area contributed by atoms with Gasteiger partial charge < -0.3 is 29.2 Å². The molecule has 3 aliphatic carbocycles. The van der Waals surface area contributed by atoms with Gasteiger partial charge in [-0.15, -0.1) is 0 Å². The molecule has 0 aromatic heterocycles. The molecule has 3 saturated carbocycles.